The summed E-state index contributed by atoms with van der Waals surface area (Å²) in [6.07, 6.45) is -1.80. The molecular formula is C15H24N2O4. The molecule has 0 aliphatic heterocycles. The molecule has 1 rings (SSSR count). The van der Waals surface area contributed by atoms with E-state index in [9.17, 15) is 15.0 Å². The van der Waals surface area contributed by atoms with Crippen LogP contribution in [0.2, 0.25) is 0 Å². The van der Waals surface area contributed by atoms with Gasteiger partial charge >= 0.3 is 6.09 Å². The maximum atomic E-state index is 11.0. The number of amides is 1. The monoisotopic (exact) mass is 296 g/mol. The minimum Gasteiger partial charge on any atom is -0.410 e. The highest BCUT2D eigenvalue weighted by Crippen LogP contribution is 2.30. The molecule has 1 unspecified atom stereocenters. The highest BCUT2D eigenvalue weighted by Gasteiger charge is 2.21. The van der Waals surface area contributed by atoms with E-state index in [0.717, 1.165) is 11.1 Å². The number of nitrogens with one attached hydrogen (secondary N) is 1. The lowest BCUT2D eigenvalue weighted by molar-refractivity contribution is 0.133. The Balaban J connectivity index is 3.01. The number of β-amino-alcohol motifs (C(OH)–C–C–N with tert-alkyl or cyclic N) is 1. The SMILES string of the molecule is Cc1cc(C)c(OC(N)=O)c(C(O)CNC(C)(C)CO)c1. The zero-order valence-electron chi connectivity index (χ0n) is 12.9. The van der Waals surface area contributed by atoms with Crippen LogP contribution in [-0.4, -0.2) is 35.0 Å². The summed E-state index contributed by atoms with van der Waals surface area (Å²) in [6.45, 7) is 7.47. The molecule has 118 valence electrons. The molecule has 0 radical (unpaired) electrons. The van der Waals surface area contributed by atoms with E-state index in [1.165, 1.54) is 0 Å². The second-order valence-electron chi connectivity index (χ2n) is 5.86. The molecule has 0 spiro atoms. The van der Waals surface area contributed by atoms with E-state index in [-0.39, 0.29) is 18.9 Å². The van der Waals surface area contributed by atoms with Crippen molar-refractivity contribution in [2.45, 2.75) is 39.3 Å². The first kappa shape index (κ1) is 17.4. The lowest BCUT2D eigenvalue weighted by Gasteiger charge is -2.26. The van der Waals surface area contributed by atoms with E-state index >= 15 is 0 Å². The Hall–Kier alpha value is -1.63. The molecule has 0 aromatic heterocycles. The fraction of sp³-hybridized carbons (Fsp3) is 0.533. The molecule has 21 heavy (non-hydrogen) atoms. The zero-order chi connectivity index (χ0) is 16.2. The van der Waals surface area contributed by atoms with Gasteiger partial charge in [-0.1, -0.05) is 11.6 Å². The first-order valence-corrected chi connectivity index (χ1v) is 6.78. The Bertz CT molecular complexity index is 515. The third kappa shape index (κ3) is 5.00. The predicted octanol–water partition coefficient (Wildman–Crippen LogP) is 1.15. The Kier molecular flexibility index (Phi) is 5.71. The molecule has 5 N–H and O–H groups in total. The van der Waals surface area contributed by atoms with Gasteiger partial charge in [-0.3, -0.25) is 0 Å². The number of benzene rings is 1. The van der Waals surface area contributed by atoms with Gasteiger partial charge in [-0.05, 0) is 39.3 Å². The average molecular weight is 296 g/mol. The van der Waals surface area contributed by atoms with Crippen LogP contribution in [0.15, 0.2) is 12.1 Å². The topological polar surface area (TPSA) is 105 Å². The molecule has 1 atom stereocenters. The maximum absolute atomic E-state index is 11.0. The van der Waals surface area contributed by atoms with E-state index < -0.39 is 17.7 Å². The third-order valence-corrected chi connectivity index (χ3v) is 3.18. The Labute approximate surface area is 124 Å². The number of aliphatic hydroxyl groups is 2. The van der Waals surface area contributed by atoms with Crippen LogP contribution in [0.1, 0.15) is 36.6 Å². The van der Waals surface area contributed by atoms with Gasteiger partial charge in [-0.15, -0.1) is 0 Å². The molecule has 6 heteroatoms. The fourth-order valence-electron chi connectivity index (χ4n) is 2.01. The highest BCUT2D eigenvalue weighted by atomic mass is 16.5. The second kappa shape index (κ2) is 6.89. The minimum atomic E-state index is -0.918. The number of hydrogen-bond donors (Lipinski definition) is 4. The van der Waals surface area contributed by atoms with Crippen molar-refractivity contribution in [2.24, 2.45) is 5.73 Å². The van der Waals surface area contributed by atoms with E-state index in [1.54, 1.807) is 13.0 Å². The molecular weight excluding hydrogens is 272 g/mol. The van der Waals surface area contributed by atoms with Crippen molar-refractivity contribution in [2.75, 3.05) is 13.2 Å². The van der Waals surface area contributed by atoms with E-state index in [4.69, 9.17) is 10.5 Å². The predicted molar refractivity (Wildman–Crippen MR) is 80.3 cm³/mol. The molecule has 1 aromatic carbocycles. The summed E-state index contributed by atoms with van der Waals surface area (Å²) in [7, 11) is 0. The maximum Gasteiger partial charge on any atom is 0.409 e. The van der Waals surface area contributed by atoms with Crippen molar-refractivity contribution in [3.63, 3.8) is 0 Å². The summed E-state index contributed by atoms with van der Waals surface area (Å²) in [6, 6.07) is 3.60. The summed E-state index contributed by atoms with van der Waals surface area (Å²) < 4.78 is 5.01. The smallest absolute Gasteiger partial charge is 0.409 e. The molecule has 0 bridgehead atoms. The van der Waals surface area contributed by atoms with Crippen molar-refractivity contribution in [3.8, 4) is 5.75 Å². The minimum absolute atomic E-state index is 0.0583. The average Bonchev–Trinajstić information content (AvgIpc) is 2.38. The van der Waals surface area contributed by atoms with Gasteiger partial charge in [0.15, 0.2) is 0 Å². The van der Waals surface area contributed by atoms with Crippen LogP contribution in [0.25, 0.3) is 0 Å². The molecule has 0 fully saturated rings. The standard InChI is InChI=1S/C15H24N2O4/c1-9-5-10(2)13(21-14(16)20)11(6-9)12(19)7-17-15(3,4)8-18/h5-6,12,17-19H,7-8H2,1-4H3,(H2,16,20). The van der Waals surface area contributed by atoms with Crippen molar-refractivity contribution in [3.05, 3.63) is 28.8 Å². The van der Waals surface area contributed by atoms with Crippen LogP contribution in [0.5, 0.6) is 5.75 Å². The molecule has 0 aliphatic rings. The molecule has 0 aliphatic carbocycles. The molecule has 0 heterocycles. The van der Waals surface area contributed by atoms with E-state index in [0.29, 0.717) is 5.56 Å². The van der Waals surface area contributed by atoms with Gasteiger partial charge in [-0.2, -0.15) is 0 Å². The van der Waals surface area contributed by atoms with Crippen molar-refractivity contribution >= 4 is 6.09 Å². The number of aliphatic hydroxyl groups excluding tert-OH is 2. The highest BCUT2D eigenvalue weighted by molar-refractivity contribution is 5.69. The number of hydrogen-bond acceptors (Lipinski definition) is 5. The van der Waals surface area contributed by atoms with Crippen LogP contribution < -0.4 is 15.8 Å². The number of rotatable bonds is 6. The quantitative estimate of drug-likeness (QED) is 0.630. The normalized spacial score (nSPS) is 13.0. The van der Waals surface area contributed by atoms with Crippen molar-refractivity contribution < 1.29 is 19.7 Å². The first-order chi connectivity index (χ1) is 9.66. The second-order valence-corrected chi connectivity index (χ2v) is 5.86. The molecule has 1 aromatic rings. The molecule has 0 saturated heterocycles. The first-order valence-electron chi connectivity index (χ1n) is 6.78. The summed E-state index contributed by atoms with van der Waals surface area (Å²) in [5, 5.41) is 22.6. The summed E-state index contributed by atoms with van der Waals surface area (Å²) >= 11 is 0. The van der Waals surface area contributed by atoms with Gasteiger partial charge in [0.25, 0.3) is 0 Å². The number of ether oxygens (including phenoxy) is 1. The van der Waals surface area contributed by atoms with E-state index in [1.807, 2.05) is 26.8 Å². The number of carbonyl (C=O) groups excluding carboxylic acids is 1. The van der Waals surface area contributed by atoms with Gasteiger partial charge in [0, 0.05) is 17.6 Å². The van der Waals surface area contributed by atoms with Crippen LogP contribution in [0.4, 0.5) is 4.79 Å². The number of nitrogens with two attached hydrogens (primary N) is 1. The van der Waals surface area contributed by atoms with Crippen molar-refractivity contribution in [1.82, 2.24) is 5.32 Å². The summed E-state index contributed by atoms with van der Waals surface area (Å²) in [4.78, 5) is 11.0. The largest absolute Gasteiger partial charge is 0.410 e. The zero-order valence-corrected chi connectivity index (χ0v) is 12.9. The number of carbonyl (C=O) groups is 1. The fourth-order valence-corrected chi connectivity index (χ4v) is 2.01. The van der Waals surface area contributed by atoms with Gasteiger partial charge in [-0.25, -0.2) is 4.79 Å². The van der Waals surface area contributed by atoms with E-state index in [2.05, 4.69) is 5.32 Å². The Morgan fingerprint density at radius 1 is 1.43 bits per heavy atom. The van der Waals surface area contributed by atoms with Gasteiger partial charge in [0.2, 0.25) is 0 Å². The van der Waals surface area contributed by atoms with Crippen molar-refractivity contribution in [1.29, 1.82) is 0 Å². The van der Waals surface area contributed by atoms with Crippen LogP contribution in [0, 0.1) is 13.8 Å². The Morgan fingerprint density at radius 2 is 2.05 bits per heavy atom. The van der Waals surface area contributed by atoms with Crippen LogP contribution in [-0.2, 0) is 0 Å². The van der Waals surface area contributed by atoms with Crippen LogP contribution >= 0.6 is 0 Å². The summed E-state index contributed by atoms with van der Waals surface area (Å²) in [5.74, 6) is 0.282. The number of aryl methyl sites for hydroxylation is 2. The van der Waals surface area contributed by atoms with Gasteiger partial charge < -0.3 is 26.0 Å². The van der Waals surface area contributed by atoms with Crippen LogP contribution in [0.3, 0.4) is 0 Å². The molecule has 0 saturated carbocycles. The van der Waals surface area contributed by atoms with Gasteiger partial charge in [0.05, 0.1) is 12.7 Å². The molecule has 6 nitrogen and oxygen atoms in total. The lowest BCUT2D eigenvalue weighted by atomic mass is 10.00. The Morgan fingerprint density at radius 3 is 2.57 bits per heavy atom. The summed E-state index contributed by atoms with van der Waals surface area (Å²) in [5.41, 5.74) is 6.73. The number of primary amides is 1. The molecule has 1 amide bonds. The third-order valence-electron chi connectivity index (χ3n) is 3.18. The van der Waals surface area contributed by atoms with Gasteiger partial charge in [0.1, 0.15) is 5.75 Å². The lowest BCUT2D eigenvalue weighted by Crippen LogP contribution is -2.44.